The lowest BCUT2D eigenvalue weighted by Crippen LogP contribution is -1.96. The van der Waals surface area contributed by atoms with Crippen LogP contribution in [0.4, 0.5) is 15.8 Å². The summed E-state index contributed by atoms with van der Waals surface area (Å²) in [6, 6.07) is 14.3. The van der Waals surface area contributed by atoms with E-state index in [2.05, 4.69) is 12.2 Å². The minimum absolute atomic E-state index is 0.0411. The Morgan fingerprint density at radius 2 is 2.00 bits per heavy atom. The summed E-state index contributed by atoms with van der Waals surface area (Å²) in [6.07, 6.45) is 0.934. The molecule has 0 aliphatic heterocycles. The predicted molar refractivity (Wildman–Crippen MR) is 70.2 cm³/mol. The maximum Gasteiger partial charge on any atom is 0.143 e. The van der Waals surface area contributed by atoms with Crippen LogP contribution >= 0.6 is 0 Å². The van der Waals surface area contributed by atoms with E-state index in [1.807, 2.05) is 30.3 Å². The first-order chi connectivity index (χ1) is 8.74. The Kier molecular flexibility index (Phi) is 3.59. The maximum absolute atomic E-state index is 13.4. The van der Waals surface area contributed by atoms with E-state index in [1.54, 1.807) is 12.1 Å². The molecule has 0 aliphatic rings. The SMILES string of the molecule is CCc1cccc(Nc2cccc(F)c2C#N)c1. The minimum atomic E-state index is -0.505. The lowest BCUT2D eigenvalue weighted by Gasteiger charge is -2.09. The van der Waals surface area contributed by atoms with Crippen LogP contribution in [0.1, 0.15) is 18.1 Å². The molecule has 0 aromatic heterocycles. The minimum Gasteiger partial charge on any atom is -0.354 e. The van der Waals surface area contributed by atoms with Crippen LogP contribution < -0.4 is 5.32 Å². The summed E-state index contributed by atoms with van der Waals surface area (Å²) in [5.74, 6) is -0.505. The van der Waals surface area contributed by atoms with Gasteiger partial charge in [0.2, 0.25) is 0 Å². The number of benzene rings is 2. The zero-order valence-corrected chi connectivity index (χ0v) is 10.1. The van der Waals surface area contributed by atoms with E-state index in [4.69, 9.17) is 5.26 Å². The molecule has 90 valence electrons. The van der Waals surface area contributed by atoms with Crippen molar-refractivity contribution in [3.63, 3.8) is 0 Å². The fourth-order valence-electron chi connectivity index (χ4n) is 1.77. The second-order valence-electron chi connectivity index (χ2n) is 3.95. The molecule has 0 fully saturated rings. The predicted octanol–water partition coefficient (Wildman–Crippen LogP) is 4.00. The van der Waals surface area contributed by atoms with Crippen LogP contribution in [0, 0.1) is 17.1 Å². The highest BCUT2D eigenvalue weighted by molar-refractivity contribution is 5.67. The molecule has 0 saturated heterocycles. The van der Waals surface area contributed by atoms with Crippen LogP contribution in [0.3, 0.4) is 0 Å². The fraction of sp³-hybridized carbons (Fsp3) is 0.133. The number of aryl methyl sites for hydroxylation is 1. The molecule has 0 amide bonds. The number of hydrogen-bond donors (Lipinski definition) is 1. The Labute approximate surface area is 106 Å². The zero-order chi connectivity index (χ0) is 13.0. The molecule has 0 radical (unpaired) electrons. The molecule has 0 spiro atoms. The Hall–Kier alpha value is -2.34. The molecular formula is C15H13FN2. The molecule has 2 nitrogen and oxygen atoms in total. The van der Waals surface area contributed by atoms with Crippen LogP contribution in [-0.2, 0) is 6.42 Å². The maximum atomic E-state index is 13.4. The zero-order valence-electron chi connectivity index (χ0n) is 10.1. The van der Waals surface area contributed by atoms with E-state index in [9.17, 15) is 4.39 Å². The topological polar surface area (TPSA) is 35.8 Å². The van der Waals surface area contributed by atoms with Gasteiger partial charge in [0.1, 0.15) is 17.4 Å². The van der Waals surface area contributed by atoms with E-state index >= 15 is 0 Å². The summed E-state index contributed by atoms with van der Waals surface area (Å²) < 4.78 is 13.4. The standard InChI is InChI=1S/C15H13FN2/c1-2-11-5-3-6-12(9-11)18-15-8-4-7-14(16)13(15)10-17/h3-9,18H,2H2,1H3. The average molecular weight is 240 g/mol. The van der Waals surface area contributed by atoms with Gasteiger partial charge in [0, 0.05) is 5.69 Å². The monoisotopic (exact) mass is 240 g/mol. The van der Waals surface area contributed by atoms with Crippen molar-refractivity contribution in [3.8, 4) is 6.07 Å². The Balaban J connectivity index is 2.34. The summed E-state index contributed by atoms with van der Waals surface area (Å²) in [5, 5.41) is 12.0. The first-order valence-corrected chi connectivity index (χ1v) is 5.79. The van der Waals surface area contributed by atoms with Gasteiger partial charge in [-0.3, -0.25) is 0 Å². The molecular weight excluding hydrogens is 227 g/mol. The third kappa shape index (κ3) is 2.49. The Bertz CT molecular complexity index is 600. The molecule has 2 aromatic carbocycles. The number of hydrogen-bond acceptors (Lipinski definition) is 2. The molecule has 3 heteroatoms. The molecule has 2 aromatic rings. The van der Waals surface area contributed by atoms with Gasteiger partial charge < -0.3 is 5.32 Å². The summed E-state index contributed by atoms with van der Waals surface area (Å²) in [7, 11) is 0. The van der Waals surface area contributed by atoms with Crippen LogP contribution in [0.2, 0.25) is 0 Å². The van der Waals surface area contributed by atoms with Gasteiger partial charge in [-0.1, -0.05) is 25.1 Å². The van der Waals surface area contributed by atoms with Crippen molar-refractivity contribution in [2.75, 3.05) is 5.32 Å². The number of anilines is 2. The summed E-state index contributed by atoms with van der Waals surface area (Å²) in [4.78, 5) is 0. The second kappa shape index (κ2) is 5.33. The van der Waals surface area contributed by atoms with Crippen molar-refractivity contribution in [2.24, 2.45) is 0 Å². The normalized spacial score (nSPS) is 9.83. The van der Waals surface area contributed by atoms with Gasteiger partial charge in [-0.25, -0.2) is 4.39 Å². The van der Waals surface area contributed by atoms with Gasteiger partial charge >= 0.3 is 0 Å². The largest absolute Gasteiger partial charge is 0.354 e. The van der Waals surface area contributed by atoms with E-state index in [-0.39, 0.29) is 5.56 Å². The number of halogens is 1. The van der Waals surface area contributed by atoms with Crippen molar-refractivity contribution < 1.29 is 4.39 Å². The summed E-state index contributed by atoms with van der Waals surface area (Å²) in [5.41, 5.74) is 2.58. The van der Waals surface area contributed by atoms with Gasteiger partial charge in [0.15, 0.2) is 0 Å². The van der Waals surface area contributed by atoms with E-state index in [1.165, 1.54) is 11.6 Å². The third-order valence-corrected chi connectivity index (χ3v) is 2.74. The van der Waals surface area contributed by atoms with Crippen LogP contribution in [0.5, 0.6) is 0 Å². The lowest BCUT2D eigenvalue weighted by atomic mass is 10.1. The van der Waals surface area contributed by atoms with Crippen LogP contribution in [0.15, 0.2) is 42.5 Å². The smallest absolute Gasteiger partial charge is 0.143 e. The van der Waals surface area contributed by atoms with Crippen molar-refractivity contribution in [3.05, 3.63) is 59.4 Å². The number of rotatable bonds is 3. The molecule has 0 saturated carbocycles. The molecule has 2 rings (SSSR count). The lowest BCUT2D eigenvalue weighted by molar-refractivity contribution is 0.624. The number of nitriles is 1. The number of nitrogens with zero attached hydrogens (tertiary/aromatic N) is 1. The molecule has 0 bridgehead atoms. The van der Waals surface area contributed by atoms with Crippen molar-refractivity contribution >= 4 is 11.4 Å². The van der Waals surface area contributed by atoms with Crippen LogP contribution in [-0.4, -0.2) is 0 Å². The highest BCUT2D eigenvalue weighted by atomic mass is 19.1. The van der Waals surface area contributed by atoms with Crippen molar-refractivity contribution in [1.29, 1.82) is 5.26 Å². The van der Waals surface area contributed by atoms with Gasteiger partial charge in [-0.15, -0.1) is 0 Å². The van der Waals surface area contributed by atoms with E-state index in [0.29, 0.717) is 5.69 Å². The highest BCUT2D eigenvalue weighted by Crippen LogP contribution is 2.23. The summed E-state index contributed by atoms with van der Waals surface area (Å²) >= 11 is 0. The quantitative estimate of drug-likeness (QED) is 0.880. The molecule has 1 N–H and O–H groups in total. The highest BCUT2D eigenvalue weighted by Gasteiger charge is 2.07. The van der Waals surface area contributed by atoms with Gasteiger partial charge in [-0.2, -0.15) is 5.26 Å². The third-order valence-electron chi connectivity index (χ3n) is 2.74. The molecule has 0 atom stereocenters. The van der Waals surface area contributed by atoms with Crippen molar-refractivity contribution in [1.82, 2.24) is 0 Å². The van der Waals surface area contributed by atoms with Crippen LogP contribution in [0.25, 0.3) is 0 Å². The fourth-order valence-corrected chi connectivity index (χ4v) is 1.77. The molecule has 0 unspecified atom stereocenters. The average Bonchev–Trinajstić information content (AvgIpc) is 2.39. The van der Waals surface area contributed by atoms with Crippen molar-refractivity contribution in [2.45, 2.75) is 13.3 Å². The molecule has 18 heavy (non-hydrogen) atoms. The van der Waals surface area contributed by atoms with E-state index < -0.39 is 5.82 Å². The van der Waals surface area contributed by atoms with Gasteiger partial charge in [0.05, 0.1) is 5.69 Å². The first kappa shape index (κ1) is 12.1. The summed E-state index contributed by atoms with van der Waals surface area (Å²) in [6.45, 7) is 2.07. The Morgan fingerprint density at radius 3 is 2.72 bits per heavy atom. The van der Waals surface area contributed by atoms with Gasteiger partial charge in [-0.05, 0) is 36.2 Å². The number of nitrogens with one attached hydrogen (secondary N) is 1. The Morgan fingerprint density at radius 1 is 1.22 bits per heavy atom. The first-order valence-electron chi connectivity index (χ1n) is 5.79. The van der Waals surface area contributed by atoms with E-state index in [0.717, 1.165) is 12.1 Å². The van der Waals surface area contributed by atoms with Gasteiger partial charge in [0.25, 0.3) is 0 Å². The molecule has 0 aliphatic carbocycles. The molecule has 0 heterocycles. The second-order valence-corrected chi connectivity index (χ2v) is 3.95.